The Morgan fingerprint density at radius 3 is 2.84 bits per heavy atom. The summed E-state index contributed by atoms with van der Waals surface area (Å²) >= 11 is 1.70. The van der Waals surface area contributed by atoms with Crippen LogP contribution in [0.4, 0.5) is 0 Å². The number of aliphatic hydroxyl groups excluding tert-OH is 1. The van der Waals surface area contributed by atoms with Gasteiger partial charge in [0.1, 0.15) is 6.10 Å². The summed E-state index contributed by atoms with van der Waals surface area (Å²) < 4.78 is 2.05. The minimum Gasteiger partial charge on any atom is -0.382 e. The van der Waals surface area contributed by atoms with Crippen LogP contribution in [0.25, 0.3) is 0 Å². The summed E-state index contributed by atoms with van der Waals surface area (Å²) in [6.45, 7) is 5.77. The lowest BCUT2D eigenvalue weighted by molar-refractivity contribution is 0.213. The van der Waals surface area contributed by atoms with Crippen LogP contribution in [0.1, 0.15) is 40.0 Å². The van der Waals surface area contributed by atoms with Crippen LogP contribution in [-0.4, -0.2) is 31.3 Å². The molecule has 0 bridgehead atoms. The zero-order valence-corrected chi connectivity index (χ0v) is 15.1. The van der Waals surface area contributed by atoms with E-state index in [2.05, 4.69) is 26.6 Å². The van der Waals surface area contributed by atoms with Crippen molar-refractivity contribution in [2.24, 2.45) is 0 Å². The van der Waals surface area contributed by atoms with Crippen molar-refractivity contribution >= 4 is 11.3 Å². The first-order valence-corrected chi connectivity index (χ1v) is 9.49. The van der Waals surface area contributed by atoms with Gasteiger partial charge in [-0.1, -0.05) is 30.3 Å². The van der Waals surface area contributed by atoms with Crippen LogP contribution in [0.15, 0.2) is 41.9 Å². The largest absolute Gasteiger partial charge is 0.382 e. The van der Waals surface area contributed by atoms with Crippen molar-refractivity contribution in [2.75, 3.05) is 6.54 Å². The van der Waals surface area contributed by atoms with Crippen LogP contribution < -0.4 is 0 Å². The SMILES string of the molecule is Cc1scnc1CN1CCCn2nc(C(O)c3ccccc3)cc2C1. The van der Waals surface area contributed by atoms with Gasteiger partial charge in [-0.15, -0.1) is 11.3 Å². The second-order valence-corrected chi connectivity index (χ2v) is 7.58. The van der Waals surface area contributed by atoms with Crippen LogP contribution in [-0.2, 0) is 19.6 Å². The van der Waals surface area contributed by atoms with Crippen molar-refractivity contribution in [3.63, 3.8) is 0 Å². The van der Waals surface area contributed by atoms with E-state index >= 15 is 0 Å². The highest BCUT2D eigenvalue weighted by atomic mass is 32.1. The minimum atomic E-state index is -0.671. The minimum absolute atomic E-state index is 0.671. The molecule has 0 saturated heterocycles. The van der Waals surface area contributed by atoms with Gasteiger partial charge in [-0.3, -0.25) is 9.58 Å². The third-order valence-corrected chi connectivity index (χ3v) is 5.53. The molecule has 2 aromatic heterocycles. The molecule has 5 nitrogen and oxygen atoms in total. The fourth-order valence-electron chi connectivity index (χ4n) is 3.32. The first-order valence-electron chi connectivity index (χ1n) is 8.61. The smallest absolute Gasteiger partial charge is 0.123 e. The number of benzene rings is 1. The molecule has 1 aliphatic rings. The van der Waals surface area contributed by atoms with Crippen LogP contribution in [0.2, 0.25) is 0 Å². The van der Waals surface area contributed by atoms with E-state index in [1.165, 1.54) is 10.6 Å². The zero-order valence-electron chi connectivity index (χ0n) is 14.3. The molecule has 1 aliphatic heterocycles. The molecule has 0 saturated carbocycles. The highest BCUT2D eigenvalue weighted by Crippen LogP contribution is 2.24. The molecule has 1 N–H and O–H groups in total. The Kier molecular flexibility index (Phi) is 4.65. The number of hydrogen-bond acceptors (Lipinski definition) is 5. The summed E-state index contributed by atoms with van der Waals surface area (Å²) in [4.78, 5) is 8.19. The third kappa shape index (κ3) is 3.51. The van der Waals surface area contributed by atoms with Gasteiger partial charge >= 0.3 is 0 Å². The number of aliphatic hydroxyl groups is 1. The monoisotopic (exact) mass is 354 g/mol. The predicted molar refractivity (Wildman–Crippen MR) is 98.3 cm³/mol. The maximum absolute atomic E-state index is 10.6. The quantitative estimate of drug-likeness (QED) is 0.782. The standard InChI is InChI=1S/C19H22N4OS/c1-14-18(20-13-25-14)12-22-8-5-9-23-16(11-22)10-17(21-23)19(24)15-6-3-2-4-7-15/h2-4,6-7,10,13,19,24H,5,8-9,11-12H2,1H3. The van der Waals surface area contributed by atoms with Gasteiger partial charge in [0.25, 0.3) is 0 Å². The lowest BCUT2D eigenvalue weighted by Crippen LogP contribution is -2.23. The van der Waals surface area contributed by atoms with Gasteiger partial charge in [-0.2, -0.15) is 5.10 Å². The van der Waals surface area contributed by atoms with Crippen molar-refractivity contribution in [3.8, 4) is 0 Å². The Bertz CT molecular complexity index is 842. The van der Waals surface area contributed by atoms with Crippen molar-refractivity contribution in [1.29, 1.82) is 0 Å². The van der Waals surface area contributed by atoms with E-state index in [1.807, 2.05) is 41.9 Å². The average molecular weight is 354 g/mol. The summed E-state index contributed by atoms with van der Waals surface area (Å²) in [7, 11) is 0. The van der Waals surface area contributed by atoms with Gasteiger partial charge in [0, 0.05) is 31.1 Å². The molecule has 6 heteroatoms. The van der Waals surface area contributed by atoms with Gasteiger partial charge in [0.05, 0.1) is 22.6 Å². The highest BCUT2D eigenvalue weighted by Gasteiger charge is 2.21. The van der Waals surface area contributed by atoms with Crippen molar-refractivity contribution in [2.45, 2.75) is 39.1 Å². The van der Waals surface area contributed by atoms with Gasteiger partial charge in [0.2, 0.25) is 0 Å². The molecule has 3 heterocycles. The number of aromatic nitrogens is 3. The van der Waals surface area contributed by atoms with Gasteiger partial charge in [-0.05, 0) is 25.0 Å². The Hall–Kier alpha value is -2.02. The van der Waals surface area contributed by atoms with Crippen molar-refractivity contribution in [3.05, 3.63) is 69.4 Å². The van der Waals surface area contributed by atoms with Crippen molar-refractivity contribution < 1.29 is 5.11 Å². The van der Waals surface area contributed by atoms with E-state index in [-0.39, 0.29) is 0 Å². The molecule has 3 aromatic rings. The highest BCUT2D eigenvalue weighted by molar-refractivity contribution is 7.09. The van der Waals surface area contributed by atoms with E-state index in [0.29, 0.717) is 0 Å². The molecule has 25 heavy (non-hydrogen) atoms. The fraction of sp³-hybridized carbons (Fsp3) is 0.368. The first kappa shape index (κ1) is 16.4. The molecule has 0 fully saturated rings. The fourth-order valence-corrected chi connectivity index (χ4v) is 3.91. The van der Waals surface area contributed by atoms with E-state index in [1.54, 1.807) is 11.3 Å². The number of nitrogens with zero attached hydrogens (tertiary/aromatic N) is 4. The Morgan fingerprint density at radius 2 is 2.08 bits per heavy atom. The van der Waals surface area contributed by atoms with Gasteiger partial charge < -0.3 is 5.11 Å². The summed E-state index contributed by atoms with van der Waals surface area (Å²) in [6.07, 6.45) is 0.383. The Labute approximate surface area is 151 Å². The second kappa shape index (κ2) is 7.07. The Morgan fingerprint density at radius 1 is 1.24 bits per heavy atom. The summed E-state index contributed by atoms with van der Waals surface area (Å²) in [5, 5.41) is 15.3. The van der Waals surface area contributed by atoms with Crippen molar-refractivity contribution in [1.82, 2.24) is 19.7 Å². The zero-order chi connectivity index (χ0) is 17.2. The molecule has 1 atom stereocenters. The molecule has 4 rings (SSSR count). The summed E-state index contributed by atoms with van der Waals surface area (Å²) in [6, 6.07) is 11.8. The molecule has 0 amide bonds. The van der Waals surface area contributed by atoms with E-state index in [9.17, 15) is 5.11 Å². The maximum Gasteiger partial charge on any atom is 0.123 e. The molecule has 1 unspecified atom stereocenters. The summed E-state index contributed by atoms with van der Waals surface area (Å²) in [5.41, 5.74) is 5.86. The topological polar surface area (TPSA) is 54.2 Å². The molecular formula is C19H22N4OS. The number of aryl methyl sites for hydroxylation is 2. The van der Waals surface area contributed by atoms with E-state index in [0.717, 1.165) is 49.6 Å². The number of hydrogen-bond donors (Lipinski definition) is 1. The number of rotatable bonds is 4. The molecule has 0 radical (unpaired) electrons. The van der Waals surface area contributed by atoms with Crippen LogP contribution in [0, 0.1) is 6.92 Å². The van der Waals surface area contributed by atoms with Crippen LogP contribution in [0.3, 0.4) is 0 Å². The molecule has 0 spiro atoms. The first-order chi connectivity index (χ1) is 12.2. The molecule has 130 valence electrons. The lowest BCUT2D eigenvalue weighted by atomic mass is 10.1. The molecule has 0 aliphatic carbocycles. The maximum atomic E-state index is 10.6. The molecule has 1 aromatic carbocycles. The number of thiazole rings is 1. The van der Waals surface area contributed by atoms with Gasteiger partial charge in [-0.25, -0.2) is 4.98 Å². The number of fused-ring (bicyclic) bond motifs is 1. The van der Waals surface area contributed by atoms with E-state index < -0.39 is 6.10 Å². The summed E-state index contributed by atoms with van der Waals surface area (Å²) in [5.74, 6) is 0. The predicted octanol–water partition coefficient (Wildman–Crippen LogP) is 3.14. The molecular weight excluding hydrogens is 332 g/mol. The lowest BCUT2D eigenvalue weighted by Gasteiger charge is -2.18. The second-order valence-electron chi connectivity index (χ2n) is 6.52. The van der Waals surface area contributed by atoms with Crippen LogP contribution in [0.5, 0.6) is 0 Å². The van der Waals surface area contributed by atoms with E-state index in [4.69, 9.17) is 0 Å². The average Bonchev–Trinajstić information content (AvgIpc) is 3.16. The third-order valence-electron chi connectivity index (χ3n) is 4.73. The normalized spacial score (nSPS) is 16.4. The Balaban J connectivity index is 1.53. The van der Waals surface area contributed by atoms with Crippen LogP contribution >= 0.6 is 11.3 Å². The van der Waals surface area contributed by atoms with Gasteiger partial charge in [0.15, 0.2) is 0 Å².